The molecule has 2 amide bonds. The molecule has 1 heterocycles. The largest absolute Gasteiger partial charge is 0.363 e. The van der Waals surface area contributed by atoms with Crippen molar-refractivity contribution in [3.63, 3.8) is 0 Å². The number of amidine groups is 1. The van der Waals surface area contributed by atoms with Gasteiger partial charge < -0.3 is 16.0 Å². The van der Waals surface area contributed by atoms with Gasteiger partial charge in [0.1, 0.15) is 0 Å². The molecule has 1 saturated carbocycles. The van der Waals surface area contributed by atoms with Gasteiger partial charge in [-0.25, -0.2) is 0 Å². The molecule has 1 aliphatic carbocycles. The Balaban J connectivity index is 1.48. The van der Waals surface area contributed by atoms with Crippen LogP contribution >= 0.6 is 0 Å². The van der Waals surface area contributed by atoms with Gasteiger partial charge in [-0.2, -0.15) is 0 Å². The maximum absolute atomic E-state index is 12.2. The van der Waals surface area contributed by atoms with Crippen molar-refractivity contribution in [1.29, 1.82) is 0 Å². The van der Waals surface area contributed by atoms with Crippen molar-refractivity contribution < 1.29 is 9.59 Å². The van der Waals surface area contributed by atoms with Gasteiger partial charge in [0, 0.05) is 25.2 Å². The molecule has 2 aliphatic rings. The highest BCUT2D eigenvalue weighted by Gasteiger charge is 2.31. The summed E-state index contributed by atoms with van der Waals surface area (Å²) in [5.74, 6) is 0.0767. The van der Waals surface area contributed by atoms with E-state index in [0.717, 1.165) is 44.2 Å². The van der Waals surface area contributed by atoms with Gasteiger partial charge in [-0.15, -0.1) is 0 Å². The number of hydrogen-bond donors (Lipinski definition) is 2. The lowest BCUT2D eigenvalue weighted by atomic mass is 9.89. The van der Waals surface area contributed by atoms with E-state index in [2.05, 4.69) is 15.2 Å². The lowest BCUT2D eigenvalue weighted by Crippen LogP contribution is -2.51. The van der Waals surface area contributed by atoms with Crippen molar-refractivity contribution >= 4 is 17.6 Å². The lowest BCUT2D eigenvalue weighted by Gasteiger charge is -2.39. The van der Waals surface area contributed by atoms with Crippen LogP contribution in [0.15, 0.2) is 35.3 Å². The van der Waals surface area contributed by atoms with E-state index >= 15 is 0 Å². The first-order valence-electron chi connectivity index (χ1n) is 9.07. The number of aliphatic imine (C=N–C) groups is 1. The van der Waals surface area contributed by atoms with E-state index in [1.165, 1.54) is 0 Å². The third kappa shape index (κ3) is 4.59. The molecule has 0 radical (unpaired) electrons. The summed E-state index contributed by atoms with van der Waals surface area (Å²) in [6.07, 6.45) is 5.13. The monoisotopic (exact) mass is 342 g/mol. The Labute approximate surface area is 148 Å². The van der Waals surface area contributed by atoms with Crippen molar-refractivity contribution in [2.24, 2.45) is 10.7 Å². The summed E-state index contributed by atoms with van der Waals surface area (Å²) >= 11 is 0. The van der Waals surface area contributed by atoms with E-state index in [1.54, 1.807) is 0 Å². The zero-order chi connectivity index (χ0) is 17.6. The average Bonchev–Trinajstić information content (AvgIpc) is 2.63. The van der Waals surface area contributed by atoms with Crippen LogP contribution in [0.4, 0.5) is 0 Å². The number of carbonyl (C=O) groups excluding carboxylic acids is 2. The summed E-state index contributed by atoms with van der Waals surface area (Å²) in [6.45, 7) is 1.52. The van der Waals surface area contributed by atoms with Crippen LogP contribution in [0.5, 0.6) is 0 Å². The van der Waals surface area contributed by atoms with Gasteiger partial charge in [0.15, 0.2) is 5.84 Å². The molecule has 0 unspecified atom stereocenters. The quantitative estimate of drug-likeness (QED) is 0.844. The second-order valence-corrected chi connectivity index (χ2v) is 6.85. The van der Waals surface area contributed by atoms with Gasteiger partial charge in [-0.3, -0.25) is 14.6 Å². The number of rotatable bonds is 5. The van der Waals surface area contributed by atoms with Crippen molar-refractivity contribution in [3.05, 3.63) is 35.9 Å². The van der Waals surface area contributed by atoms with E-state index in [0.29, 0.717) is 24.8 Å². The molecular formula is C19H26N4O2. The van der Waals surface area contributed by atoms with Gasteiger partial charge in [0.05, 0.1) is 6.42 Å². The second-order valence-electron chi connectivity index (χ2n) is 6.85. The number of nitrogens with two attached hydrogens (primary N) is 1. The maximum Gasteiger partial charge on any atom is 0.283 e. The van der Waals surface area contributed by atoms with Crippen LogP contribution < -0.4 is 11.1 Å². The first-order valence-corrected chi connectivity index (χ1v) is 9.07. The van der Waals surface area contributed by atoms with Crippen LogP contribution in [0.3, 0.4) is 0 Å². The lowest BCUT2D eigenvalue weighted by molar-refractivity contribution is -0.121. The van der Waals surface area contributed by atoms with Gasteiger partial charge >= 0.3 is 0 Å². The number of benzene rings is 1. The minimum absolute atomic E-state index is 0.0759. The molecule has 0 bridgehead atoms. The molecule has 1 fully saturated rings. The summed E-state index contributed by atoms with van der Waals surface area (Å²) in [4.78, 5) is 30.2. The van der Waals surface area contributed by atoms with Crippen molar-refractivity contribution in [2.45, 2.75) is 50.6 Å². The highest BCUT2D eigenvalue weighted by Crippen LogP contribution is 2.25. The smallest absolute Gasteiger partial charge is 0.283 e. The Hall–Kier alpha value is -2.37. The number of amides is 2. The van der Waals surface area contributed by atoms with Crippen LogP contribution in [0.25, 0.3) is 0 Å². The second kappa shape index (κ2) is 8.14. The maximum atomic E-state index is 12.2. The molecule has 25 heavy (non-hydrogen) atoms. The number of nitrogens with one attached hydrogen (secondary N) is 1. The minimum atomic E-state index is -0.432. The molecule has 0 atom stereocenters. The summed E-state index contributed by atoms with van der Waals surface area (Å²) in [5, 5.41) is 3.15. The fraction of sp³-hybridized carbons (Fsp3) is 0.526. The van der Waals surface area contributed by atoms with E-state index in [9.17, 15) is 9.59 Å². The molecule has 0 aromatic heterocycles. The molecule has 6 nitrogen and oxygen atoms in total. The van der Waals surface area contributed by atoms with Crippen LogP contribution in [0.1, 0.15) is 37.7 Å². The summed E-state index contributed by atoms with van der Waals surface area (Å²) in [7, 11) is 0. The van der Waals surface area contributed by atoms with E-state index in [1.807, 2.05) is 30.3 Å². The third-order valence-electron chi connectivity index (χ3n) is 5.02. The Morgan fingerprint density at radius 1 is 1.16 bits per heavy atom. The van der Waals surface area contributed by atoms with Gasteiger partial charge in [0.25, 0.3) is 5.91 Å². The molecule has 3 N–H and O–H groups in total. The van der Waals surface area contributed by atoms with Gasteiger partial charge in [-0.05, 0) is 37.7 Å². The number of hydrogen-bond acceptors (Lipinski definition) is 4. The van der Waals surface area contributed by atoms with Crippen LogP contribution in [0.2, 0.25) is 0 Å². The number of nitrogens with zero attached hydrogens (tertiary/aromatic N) is 2. The first kappa shape index (κ1) is 17.5. The topological polar surface area (TPSA) is 87.8 Å². The molecular weight excluding hydrogens is 316 g/mol. The molecule has 1 aromatic rings. The van der Waals surface area contributed by atoms with Crippen molar-refractivity contribution in [2.75, 3.05) is 13.1 Å². The zero-order valence-electron chi connectivity index (χ0n) is 14.5. The Bertz CT molecular complexity index is 636. The molecule has 134 valence electrons. The Kier molecular flexibility index (Phi) is 5.68. The van der Waals surface area contributed by atoms with E-state index in [4.69, 9.17) is 5.73 Å². The molecule has 0 spiro atoms. The van der Waals surface area contributed by atoms with Crippen molar-refractivity contribution in [1.82, 2.24) is 10.2 Å². The SMILES string of the molecule is NC(=O)C1=NCCCN1C1CCC(NC(=O)Cc2ccccc2)CC1. The van der Waals surface area contributed by atoms with E-state index in [-0.39, 0.29) is 11.9 Å². The van der Waals surface area contributed by atoms with Crippen LogP contribution in [-0.2, 0) is 16.0 Å². The molecule has 0 saturated heterocycles. The van der Waals surface area contributed by atoms with Gasteiger partial charge in [0.2, 0.25) is 5.91 Å². The fourth-order valence-corrected chi connectivity index (χ4v) is 3.79. The van der Waals surface area contributed by atoms with Crippen molar-refractivity contribution in [3.8, 4) is 0 Å². The predicted octanol–water partition coefficient (Wildman–Crippen LogP) is 1.25. The zero-order valence-corrected chi connectivity index (χ0v) is 14.5. The predicted molar refractivity (Wildman–Crippen MR) is 97.2 cm³/mol. The molecule has 1 aliphatic heterocycles. The molecule has 3 rings (SSSR count). The first-order chi connectivity index (χ1) is 12.1. The third-order valence-corrected chi connectivity index (χ3v) is 5.02. The standard InChI is InChI=1S/C19H26N4O2/c20-18(25)19-21-11-4-12-23(19)16-9-7-15(8-10-16)22-17(24)13-14-5-2-1-3-6-14/h1-3,5-6,15-16H,4,7-13H2,(H2,20,25)(H,22,24). The number of primary amides is 1. The Morgan fingerprint density at radius 2 is 1.88 bits per heavy atom. The minimum Gasteiger partial charge on any atom is -0.363 e. The summed E-state index contributed by atoms with van der Waals surface area (Å²) in [5.41, 5.74) is 6.49. The van der Waals surface area contributed by atoms with Crippen LogP contribution in [0, 0.1) is 0 Å². The average molecular weight is 342 g/mol. The summed E-state index contributed by atoms with van der Waals surface area (Å²) < 4.78 is 0. The Morgan fingerprint density at radius 3 is 2.56 bits per heavy atom. The van der Waals surface area contributed by atoms with Gasteiger partial charge in [-0.1, -0.05) is 30.3 Å². The molecule has 1 aromatic carbocycles. The highest BCUT2D eigenvalue weighted by molar-refractivity contribution is 6.37. The van der Waals surface area contributed by atoms with Crippen LogP contribution in [-0.4, -0.2) is 47.7 Å². The fourth-order valence-electron chi connectivity index (χ4n) is 3.79. The molecule has 6 heteroatoms. The number of carbonyl (C=O) groups is 2. The summed E-state index contributed by atoms with van der Waals surface area (Å²) in [6, 6.07) is 10.3. The normalized spacial score (nSPS) is 23.7. The van der Waals surface area contributed by atoms with E-state index < -0.39 is 5.91 Å². The highest BCUT2D eigenvalue weighted by atomic mass is 16.2.